The summed E-state index contributed by atoms with van der Waals surface area (Å²) >= 11 is 3.79. The summed E-state index contributed by atoms with van der Waals surface area (Å²) in [6.07, 6.45) is 3.31. The van der Waals surface area contributed by atoms with Crippen LogP contribution in [-0.4, -0.2) is 7.11 Å². The molecule has 2 heteroatoms. The molecule has 0 aliphatic rings. The summed E-state index contributed by atoms with van der Waals surface area (Å²) in [6.45, 7) is 2.21. The second-order valence-electron chi connectivity index (χ2n) is 5.01. The zero-order valence-electron chi connectivity index (χ0n) is 12.1. The first-order valence-electron chi connectivity index (χ1n) is 7.08. The van der Waals surface area contributed by atoms with E-state index in [4.69, 9.17) is 4.74 Å². The van der Waals surface area contributed by atoms with Gasteiger partial charge in [-0.25, -0.2) is 0 Å². The van der Waals surface area contributed by atoms with Gasteiger partial charge in [-0.05, 0) is 41.7 Å². The van der Waals surface area contributed by atoms with Crippen molar-refractivity contribution in [1.82, 2.24) is 0 Å². The van der Waals surface area contributed by atoms with Crippen LogP contribution in [0.5, 0.6) is 5.75 Å². The average Bonchev–Trinajstić information content (AvgIpc) is 2.48. The fraction of sp³-hybridized carbons (Fsp3) is 0.333. The largest absolute Gasteiger partial charge is 0.497 e. The second-order valence-corrected chi connectivity index (χ2v) is 6.12. The van der Waals surface area contributed by atoms with Gasteiger partial charge in [0.1, 0.15) is 5.75 Å². The Bertz CT molecular complexity index is 533. The van der Waals surface area contributed by atoms with Crippen LogP contribution in [0.4, 0.5) is 0 Å². The van der Waals surface area contributed by atoms with Gasteiger partial charge in [0.05, 0.1) is 7.11 Å². The number of alkyl halides is 1. The minimum Gasteiger partial charge on any atom is -0.497 e. The van der Waals surface area contributed by atoms with E-state index in [1.807, 2.05) is 12.1 Å². The Morgan fingerprint density at radius 3 is 2.45 bits per heavy atom. The van der Waals surface area contributed by atoms with E-state index in [-0.39, 0.29) is 0 Å². The predicted octanol–water partition coefficient (Wildman–Crippen LogP) is 5.33. The Balaban J connectivity index is 2.05. The summed E-state index contributed by atoms with van der Waals surface area (Å²) in [6, 6.07) is 17.2. The normalized spacial score (nSPS) is 12.2. The monoisotopic (exact) mass is 332 g/mol. The van der Waals surface area contributed by atoms with Crippen LogP contribution in [0, 0.1) is 0 Å². The van der Waals surface area contributed by atoms with Gasteiger partial charge in [0.15, 0.2) is 0 Å². The molecule has 0 aromatic heterocycles. The van der Waals surface area contributed by atoms with Crippen molar-refractivity contribution in [3.05, 3.63) is 65.2 Å². The van der Waals surface area contributed by atoms with Crippen LogP contribution in [0.15, 0.2) is 48.5 Å². The first kappa shape index (κ1) is 15.1. The molecule has 2 aromatic rings. The lowest BCUT2D eigenvalue weighted by atomic mass is 10.0. The third-order valence-electron chi connectivity index (χ3n) is 3.43. The molecule has 2 rings (SSSR count). The highest BCUT2D eigenvalue weighted by molar-refractivity contribution is 9.09. The quantitative estimate of drug-likeness (QED) is 0.650. The molecule has 0 amide bonds. The van der Waals surface area contributed by atoms with Crippen molar-refractivity contribution in [3.8, 4) is 5.75 Å². The Morgan fingerprint density at radius 1 is 1.05 bits per heavy atom. The van der Waals surface area contributed by atoms with Gasteiger partial charge in [-0.15, -0.1) is 0 Å². The van der Waals surface area contributed by atoms with Crippen LogP contribution in [0.25, 0.3) is 0 Å². The number of hydrogen-bond acceptors (Lipinski definition) is 1. The molecule has 106 valence electrons. The van der Waals surface area contributed by atoms with Crippen LogP contribution in [-0.2, 0) is 12.8 Å². The molecule has 0 saturated carbocycles. The lowest BCUT2D eigenvalue weighted by molar-refractivity contribution is 0.414. The van der Waals surface area contributed by atoms with Crippen molar-refractivity contribution in [3.63, 3.8) is 0 Å². The number of aryl methyl sites for hydroxylation is 1. The molecule has 0 heterocycles. The zero-order chi connectivity index (χ0) is 14.4. The molecule has 0 spiro atoms. The first-order valence-corrected chi connectivity index (χ1v) is 8.00. The number of rotatable bonds is 6. The van der Waals surface area contributed by atoms with Gasteiger partial charge in [0, 0.05) is 4.83 Å². The number of halogens is 1. The molecule has 0 fully saturated rings. The van der Waals surface area contributed by atoms with Crippen LogP contribution in [0.2, 0.25) is 0 Å². The van der Waals surface area contributed by atoms with Crippen LogP contribution in [0.1, 0.15) is 34.9 Å². The molecule has 0 radical (unpaired) electrons. The minimum absolute atomic E-state index is 0.338. The third kappa shape index (κ3) is 4.11. The maximum absolute atomic E-state index is 5.27. The number of benzene rings is 2. The highest BCUT2D eigenvalue weighted by atomic mass is 79.9. The van der Waals surface area contributed by atoms with Crippen molar-refractivity contribution in [2.75, 3.05) is 7.11 Å². The van der Waals surface area contributed by atoms with E-state index < -0.39 is 0 Å². The molecule has 0 N–H and O–H groups in total. The molecule has 0 aliphatic heterocycles. The summed E-state index contributed by atoms with van der Waals surface area (Å²) in [7, 11) is 1.71. The van der Waals surface area contributed by atoms with E-state index in [0.29, 0.717) is 4.83 Å². The molecule has 0 aliphatic carbocycles. The predicted molar refractivity (Wildman–Crippen MR) is 88.8 cm³/mol. The van der Waals surface area contributed by atoms with E-state index >= 15 is 0 Å². The number of ether oxygens (including phenoxy) is 1. The van der Waals surface area contributed by atoms with Crippen molar-refractivity contribution in [1.29, 1.82) is 0 Å². The third-order valence-corrected chi connectivity index (χ3v) is 4.28. The molecular formula is C18H21BrO. The Kier molecular flexibility index (Phi) is 5.66. The van der Waals surface area contributed by atoms with Crippen molar-refractivity contribution in [2.45, 2.75) is 31.0 Å². The zero-order valence-corrected chi connectivity index (χ0v) is 13.7. The van der Waals surface area contributed by atoms with Gasteiger partial charge in [0.2, 0.25) is 0 Å². The standard InChI is InChI=1S/C18H21BrO/c1-3-5-14-8-10-16(11-9-14)18(19)13-15-6-4-7-17(12-15)20-2/h4,6-12,18H,3,5,13H2,1-2H3. The average molecular weight is 333 g/mol. The molecule has 0 bridgehead atoms. The van der Waals surface area contributed by atoms with Crippen molar-refractivity contribution in [2.24, 2.45) is 0 Å². The summed E-state index contributed by atoms with van der Waals surface area (Å²) in [4.78, 5) is 0.338. The van der Waals surface area contributed by atoms with Crippen molar-refractivity contribution >= 4 is 15.9 Å². The highest BCUT2D eigenvalue weighted by Gasteiger charge is 2.09. The van der Waals surface area contributed by atoms with Gasteiger partial charge < -0.3 is 4.74 Å². The maximum Gasteiger partial charge on any atom is 0.119 e. The Morgan fingerprint density at radius 2 is 1.80 bits per heavy atom. The molecule has 1 atom stereocenters. The topological polar surface area (TPSA) is 9.23 Å². The fourth-order valence-corrected chi connectivity index (χ4v) is 2.99. The maximum atomic E-state index is 5.27. The van der Waals surface area contributed by atoms with Crippen LogP contribution >= 0.6 is 15.9 Å². The summed E-state index contributed by atoms with van der Waals surface area (Å²) in [5.74, 6) is 0.917. The van der Waals surface area contributed by atoms with E-state index in [1.165, 1.54) is 23.1 Å². The van der Waals surface area contributed by atoms with Crippen molar-refractivity contribution < 1.29 is 4.74 Å². The van der Waals surface area contributed by atoms with Gasteiger partial charge in [-0.3, -0.25) is 0 Å². The highest BCUT2D eigenvalue weighted by Crippen LogP contribution is 2.28. The fourth-order valence-electron chi connectivity index (χ4n) is 2.31. The summed E-state index contributed by atoms with van der Waals surface area (Å²) in [5, 5.41) is 0. The van der Waals surface area contributed by atoms with E-state index in [0.717, 1.165) is 18.6 Å². The van der Waals surface area contributed by atoms with Crippen LogP contribution in [0.3, 0.4) is 0 Å². The molecule has 1 nitrogen and oxygen atoms in total. The summed E-state index contributed by atoms with van der Waals surface area (Å²) < 4.78 is 5.27. The molecule has 1 unspecified atom stereocenters. The molecule has 20 heavy (non-hydrogen) atoms. The molecule has 2 aromatic carbocycles. The smallest absolute Gasteiger partial charge is 0.119 e. The van der Waals surface area contributed by atoms with Gasteiger partial charge in [0.25, 0.3) is 0 Å². The van der Waals surface area contributed by atoms with Gasteiger partial charge in [-0.2, -0.15) is 0 Å². The Labute approximate surface area is 130 Å². The lowest BCUT2D eigenvalue weighted by Gasteiger charge is -2.12. The second kappa shape index (κ2) is 7.49. The van der Waals surface area contributed by atoms with Crippen LogP contribution < -0.4 is 4.74 Å². The lowest BCUT2D eigenvalue weighted by Crippen LogP contribution is -1.96. The van der Waals surface area contributed by atoms with E-state index in [9.17, 15) is 0 Å². The minimum atomic E-state index is 0.338. The van der Waals surface area contributed by atoms with E-state index in [1.54, 1.807) is 7.11 Å². The van der Waals surface area contributed by atoms with E-state index in [2.05, 4.69) is 59.3 Å². The summed E-state index contributed by atoms with van der Waals surface area (Å²) in [5.41, 5.74) is 4.02. The molecule has 0 saturated heterocycles. The first-order chi connectivity index (χ1) is 9.72. The van der Waals surface area contributed by atoms with Gasteiger partial charge in [-0.1, -0.05) is 65.7 Å². The number of methoxy groups -OCH3 is 1. The molecular weight excluding hydrogens is 312 g/mol. The Hall–Kier alpha value is -1.28. The van der Waals surface area contributed by atoms with Gasteiger partial charge >= 0.3 is 0 Å². The SMILES string of the molecule is CCCc1ccc(C(Br)Cc2cccc(OC)c2)cc1. The number of hydrogen-bond donors (Lipinski definition) is 0.